The lowest BCUT2D eigenvalue weighted by molar-refractivity contribution is -0.137. The monoisotopic (exact) mass is 264 g/mol. The SMILES string of the molecule is FC(F)(F)c1ccc(N2CCCC(Cl)C2)nc1. The van der Waals surface area contributed by atoms with Crippen LogP contribution in [0.5, 0.6) is 0 Å². The number of nitrogens with zero attached hydrogens (tertiary/aromatic N) is 2. The van der Waals surface area contributed by atoms with Crippen molar-refractivity contribution in [3.05, 3.63) is 23.9 Å². The molecule has 2 heterocycles. The summed E-state index contributed by atoms with van der Waals surface area (Å²) in [6.45, 7) is 1.43. The molecule has 17 heavy (non-hydrogen) atoms. The Hall–Kier alpha value is -0.970. The van der Waals surface area contributed by atoms with E-state index in [9.17, 15) is 13.2 Å². The molecule has 94 valence electrons. The van der Waals surface area contributed by atoms with Gasteiger partial charge >= 0.3 is 6.18 Å². The smallest absolute Gasteiger partial charge is 0.355 e. The van der Waals surface area contributed by atoms with Gasteiger partial charge in [0.15, 0.2) is 0 Å². The molecule has 0 aromatic carbocycles. The maximum atomic E-state index is 12.3. The lowest BCUT2D eigenvalue weighted by Gasteiger charge is -2.30. The second kappa shape index (κ2) is 4.72. The number of hydrogen-bond donors (Lipinski definition) is 0. The predicted molar refractivity (Wildman–Crippen MR) is 60.3 cm³/mol. The van der Waals surface area contributed by atoms with E-state index in [0.29, 0.717) is 12.4 Å². The third-order valence-electron chi connectivity index (χ3n) is 2.76. The van der Waals surface area contributed by atoms with Crippen molar-refractivity contribution in [2.75, 3.05) is 18.0 Å². The summed E-state index contributed by atoms with van der Waals surface area (Å²) in [6.07, 6.45) is -1.58. The highest BCUT2D eigenvalue weighted by atomic mass is 35.5. The van der Waals surface area contributed by atoms with Gasteiger partial charge in [0.25, 0.3) is 0 Å². The van der Waals surface area contributed by atoms with Gasteiger partial charge in [-0.2, -0.15) is 13.2 Å². The van der Waals surface area contributed by atoms with Gasteiger partial charge in [-0.3, -0.25) is 0 Å². The van der Waals surface area contributed by atoms with E-state index in [2.05, 4.69) is 4.98 Å². The third-order valence-corrected chi connectivity index (χ3v) is 3.12. The molecule has 1 aromatic heterocycles. The molecule has 0 N–H and O–H groups in total. The van der Waals surface area contributed by atoms with Crippen molar-refractivity contribution < 1.29 is 13.2 Å². The van der Waals surface area contributed by atoms with E-state index >= 15 is 0 Å². The molecule has 1 unspecified atom stereocenters. The zero-order valence-corrected chi connectivity index (χ0v) is 9.80. The summed E-state index contributed by atoms with van der Waals surface area (Å²) >= 11 is 6.02. The van der Waals surface area contributed by atoms with Gasteiger partial charge in [-0.1, -0.05) is 0 Å². The summed E-state index contributed by atoms with van der Waals surface area (Å²) in [4.78, 5) is 5.77. The first-order chi connectivity index (χ1) is 7.97. The maximum Gasteiger partial charge on any atom is 0.417 e. The molecule has 0 spiro atoms. The molecule has 1 aromatic rings. The Morgan fingerprint density at radius 3 is 2.65 bits per heavy atom. The number of alkyl halides is 4. The molecule has 0 amide bonds. The zero-order chi connectivity index (χ0) is 12.5. The molecule has 0 saturated carbocycles. The molecule has 2 rings (SSSR count). The Labute approximate surface area is 102 Å². The Kier molecular flexibility index (Phi) is 3.47. The maximum absolute atomic E-state index is 12.3. The molecule has 1 fully saturated rings. The average Bonchev–Trinajstić information content (AvgIpc) is 2.28. The molecular weight excluding hydrogens is 253 g/mol. The van der Waals surface area contributed by atoms with E-state index in [0.717, 1.165) is 31.6 Å². The molecule has 1 aliphatic heterocycles. The summed E-state index contributed by atoms with van der Waals surface area (Å²) in [5, 5.41) is 0.0489. The first-order valence-corrected chi connectivity index (χ1v) is 5.83. The number of aromatic nitrogens is 1. The van der Waals surface area contributed by atoms with E-state index < -0.39 is 11.7 Å². The van der Waals surface area contributed by atoms with Gasteiger partial charge in [-0.25, -0.2) is 4.98 Å². The van der Waals surface area contributed by atoms with Crippen LogP contribution < -0.4 is 4.90 Å². The lowest BCUT2D eigenvalue weighted by atomic mass is 10.1. The molecule has 0 radical (unpaired) electrons. The van der Waals surface area contributed by atoms with Crippen LogP contribution in [0.4, 0.5) is 19.0 Å². The summed E-state index contributed by atoms with van der Waals surface area (Å²) in [5.74, 6) is 0.559. The van der Waals surface area contributed by atoms with Crippen molar-refractivity contribution in [3.8, 4) is 0 Å². The van der Waals surface area contributed by atoms with E-state index in [-0.39, 0.29) is 5.38 Å². The largest absolute Gasteiger partial charge is 0.417 e. The van der Waals surface area contributed by atoms with Crippen molar-refractivity contribution >= 4 is 17.4 Å². The molecule has 1 saturated heterocycles. The van der Waals surface area contributed by atoms with Gasteiger partial charge in [-0.15, -0.1) is 11.6 Å². The highest BCUT2D eigenvalue weighted by Crippen LogP contribution is 2.30. The molecule has 1 atom stereocenters. The van der Waals surface area contributed by atoms with E-state index in [1.165, 1.54) is 6.07 Å². The van der Waals surface area contributed by atoms with Crippen LogP contribution in [0.15, 0.2) is 18.3 Å². The van der Waals surface area contributed by atoms with Gasteiger partial charge in [0, 0.05) is 19.3 Å². The van der Waals surface area contributed by atoms with Crippen LogP contribution in [0.3, 0.4) is 0 Å². The van der Waals surface area contributed by atoms with Crippen LogP contribution in [-0.2, 0) is 6.18 Å². The normalized spacial score (nSPS) is 21.6. The van der Waals surface area contributed by atoms with Crippen molar-refractivity contribution in [2.24, 2.45) is 0 Å². The Morgan fingerprint density at radius 2 is 2.12 bits per heavy atom. The number of hydrogen-bond acceptors (Lipinski definition) is 2. The first-order valence-electron chi connectivity index (χ1n) is 5.39. The number of halogens is 4. The minimum Gasteiger partial charge on any atom is -0.355 e. The zero-order valence-electron chi connectivity index (χ0n) is 9.04. The minimum atomic E-state index is -4.33. The lowest BCUT2D eigenvalue weighted by Crippen LogP contribution is -2.36. The van der Waals surface area contributed by atoms with Crippen molar-refractivity contribution in [3.63, 3.8) is 0 Å². The van der Waals surface area contributed by atoms with Gasteiger partial charge in [-0.05, 0) is 25.0 Å². The second-order valence-corrected chi connectivity index (χ2v) is 4.71. The van der Waals surface area contributed by atoms with Gasteiger partial charge < -0.3 is 4.90 Å². The molecule has 6 heteroatoms. The van der Waals surface area contributed by atoms with Gasteiger partial charge in [0.1, 0.15) is 5.82 Å². The van der Waals surface area contributed by atoms with E-state index in [1.54, 1.807) is 0 Å². The van der Waals surface area contributed by atoms with Crippen LogP contribution in [0.25, 0.3) is 0 Å². The Morgan fingerprint density at radius 1 is 1.35 bits per heavy atom. The van der Waals surface area contributed by atoms with Crippen LogP contribution in [0.2, 0.25) is 0 Å². The van der Waals surface area contributed by atoms with Crippen LogP contribution in [0, 0.1) is 0 Å². The molecule has 2 nitrogen and oxygen atoms in total. The summed E-state index contributed by atoms with van der Waals surface area (Å²) in [5.41, 5.74) is -0.722. The summed E-state index contributed by atoms with van der Waals surface area (Å²) in [6, 6.07) is 2.46. The van der Waals surface area contributed by atoms with Crippen molar-refractivity contribution in [1.29, 1.82) is 0 Å². The van der Waals surface area contributed by atoms with Crippen molar-refractivity contribution in [1.82, 2.24) is 4.98 Å². The minimum absolute atomic E-state index is 0.0489. The van der Waals surface area contributed by atoms with Crippen molar-refractivity contribution in [2.45, 2.75) is 24.4 Å². The topological polar surface area (TPSA) is 16.1 Å². The fourth-order valence-electron chi connectivity index (χ4n) is 1.87. The standard InChI is InChI=1S/C11H12ClF3N2/c12-9-2-1-5-17(7-9)10-4-3-8(6-16-10)11(13,14)15/h3-4,6,9H,1-2,5,7H2. The summed E-state index contributed by atoms with van der Waals surface area (Å²) in [7, 11) is 0. The molecule has 1 aliphatic rings. The number of piperidine rings is 1. The molecular formula is C11H12ClF3N2. The van der Waals surface area contributed by atoms with Crippen LogP contribution in [0.1, 0.15) is 18.4 Å². The van der Waals surface area contributed by atoms with E-state index in [1.807, 2.05) is 4.90 Å². The van der Waals surface area contributed by atoms with E-state index in [4.69, 9.17) is 11.6 Å². The Balaban J connectivity index is 2.12. The summed E-state index contributed by atoms with van der Waals surface area (Å²) < 4.78 is 37.0. The second-order valence-electron chi connectivity index (χ2n) is 4.09. The fourth-order valence-corrected chi connectivity index (χ4v) is 2.20. The average molecular weight is 265 g/mol. The Bertz CT molecular complexity index is 377. The highest BCUT2D eigenvalue weighted by Gasteiger charge is 2.31. The van der Waals surface area contributed by atoms with Gasteiger partial charge in [0.2, 0.25) is 0 Å². The quantitative estimate of drug-likeness (QED) is 0.724. The first kappa shape index (κ1) is 12.5. The molecule has 0 aliphatic carbocycles. The number of pyridine rings is 1. The van der Waals surface area contributed by atoms with Gasteiger partial charge in [0.05, 0.1) is 10.9 Å². The fraction of sp³-hybridized carbons (Fsp3) is 0.545. The van der Waals surface area contributed by atoms with Crippen LogP contribution >= 0.6 is 11.6 Å². The predicted octanol–water partition coefficient (Wildman–Crippen LogP) is 3.31. The highest BCUT2D eigenvalue weighted by molar-refractivity contribution is 6.21. The van der Waals surface area contributed by atoms with Crippen LogP contribution in [-0.4, -0.2) is 23.5 Å². The molecule has 0 bridgehead atoms. The number of anilines is 1. The third kappa shape index (κ3) is 3.03. The number of rotatable bonds is 1.